The number of anilines is 3. The van der Waals surface area contributed by atoms with Crippen LogP contribution in [0.15, 0.2) is 30.5 Å². The first-order valence-corrected chi connectivity index (χ1v) is 9.08. The highest BCUT2D eigenvalue weighted by Gasteiger charge is 2.21. The smallest absolute Gasteiger partial charge is 0.247 e. The third kappa shape index (κ3) is 3.70. The van der Waals surface area contributed by atoms with Gasteiger partial charge in [0.2, 0.25) is 5.95 Å². The lowest BCUT2D eigenvalue weighted by Gasteiger charge is -2.37. The summed E-state index contributed by atoms with van der Waals surface area (Å²) in [7, 11) is 2.13. The standard InChI is InChI=1S/C18H24FN7/c1-23-6-8-26(9-7-23)18-21-17(14-20-22-18)25-12-10-24(11-13-25)16-4-2-15(19)3-5-16/h2-5,14H,6-13H2,1H3. The van der Waals surface area contributed by atoms with Crippen LogP contribution in [0, 0.1) is 5.82 Å². The quantitative estimate of drug-likeness (QED) is 0.815. The van der Waals surface area contributed by atoms with Crippen LogP contribution >= 0.6 is 0 Å². The van der Waals surface area contributed by atoms with Crippen LogP contribution in [0.25, 0.3) is 0 Å². The van der Waals surface area contributed by atoms with Crippen molar-refractivity contribution in [2.45, 2.75) is 0 Å². The van der Waals surface area contributed by atoms with Gasteiger partial charge in [-0.1, -0.05) is 0 Å². The van der Waals surface area contributed by atoms with Gasteiger partial charge in [0.05, 0.1) is 6.20 Å². The van der Waals surface area contributed by atoms with Crippen LogP contribution in [-0.2, 0) is 0 Å². The van der Waals surface area contributed by atoms with Gasteiger partial charge in [-0.25, -0.2) is 4.39 Å². The largest absolute Gasteiger partial charge is 0.368 e. The molecule has 0 radical (unpaired) electrons. The molecule has 0 amide bonds. The molecule has 1 aromatic carbocycles. The maximum absolute atomic E-state index is 13.1. The van der Waals surface area contributed by atoms with E-state index in [0.29, 0.717) is 0 Å². The summed E-state index contributed by atoms with van der Waals surface area (Å²) in [5.41, 5.74) is 1.06. The van der Waals surface area contributed by atoms with Crippen molar-refractivity contribution in [1.29, 1.82) is 0 Å². The molecule has 2 fully saturated rings. The monoisotopic (exact) mass is 357 g/mol. The molecule has 0 spiro atoms. The second-order valence-corrected chi connectivity index (χ2v) is 6.86. The Morgan fingerprint density at radius 2 is 1.42 bits per heavy atom. The Hall–Kier alpha value is -2.48. The summed E-state index contributed by atoms with van der Waals surface area (Å²) in [6.07, 6.45) is 1.74. The predicted octanol–water partition coefficient (Wildman–Crippen LogP) is 1.09. The number of halogens is 1. The molecule has 8 heteroatoms. The Balaban J connectivity index is 1.40. The Labute approximate surface area is 153 Å². The highest BCUT2D eigenvalue weighted by atomic mass is 19.1. The second kappa shape index (κ2) is 7.41. The van der Waals surface area contributed by atoms with Crippen LogP contribution < -0.4 is 14.7 Å². The second-order valence-electron chi connectivity index (χ2n) is 6.86. The van der Waals surface area contributed by atoms with Crippen molar-refractivity contribution in [2.75, 3.05) is 74.1 Å². The molecule has 0 saturated carbocycles. The van der Waals surface area contributed by atoms with E-state index in [0.717, 1.165) is 69.8 Å². The number of benzene rings is 1. The molecule has 2 saturated heterocycles. The summed E-state index contributed by atoms with van der Waals surface area (Å²) in [5.74, 6) is 1.40. The van der Waals surface area contributed by atoms with Gasteiger partial charge in [-0.3, -0.25) is 0 Å². The lowest BCUT2D eigenvalue weighted by molar-refractivity contribution is 0.311. The Morgan fingerprint density at radius 3 is 2.12 bits per heavy atom. The average Bonchev–Trinajstić information content (AvgIpc) is 2.69. The van der Waals surface area contributed by atoms with E-state index in [1.54, 1.807) is 6.20 Å². The van der Waals surface area contributed by atoms with E-state index in [-0.39, 0.29) is 5.82 Å². The van der Waals surface area contributed by atoms with Gasteiger partial charge in [0.1, 0.15) is 5.82 Å². The Bertz CT molecular complexity index is 723. The summed E-state index contributed by atoms with van der Waals surface area (Å²) in [5, 5.41) is 8.40. The molecule has 0 unspecified atom stereocenters. The summed E-state index contributed by atoms with van der Waals surface area (Å²) in [6.45, 7) is 7.36. The van der Waals surface area contributed by atoms with E-state index >= 15 is 0 Å². The molecule has 26 heavy (non-hydrogen) atoms. The van der Waals surface area contributed by atoms with Crippen molar-refractivity contribution in [1.82, 2.24) is 20.1 Å². The summed E-state index contributed by atoms with van der Waals surface area (Å²) in [6, 6.07) is 6.70. The zero-order valence-electron chi connectivity index (χ0n) is 15.1. The molecule has 138 valence electrons. The highest BCUT2D eigenvalue weighted by molar-refractivity contribution is 5.49. The van der Waals surface area contributed by atoms with Gasteiger partial charge in [0.15, 0.2) is 5.82 Å². The van der Waals surface area contributed by atoms with Gasteiger partial charge in [0.25, 0.3) is 0 Å². The van der Waals surface area contributed by atoms with Crippen LogP contribution in [0.4, 0.5) is 21.8 Å². The SMILES string of the molecule is CN1CCN(c2nncc(N3CCN(c4ccc(F)cc4)CC3)n2)CC1. The molecule has 0 bridgehead atoms. The van der Waals surface area contributed by atoms with Gasteiger partial charge in [0, 0.05) is 58.0 Å². The molecule has 2 aromatic rings. The Morgan fingerprint density at radius 1 is 0.808 bits per heavy atom. The number of likely N-dealkylation sites (N-methyl/N-ethyl adjacent to an activating group) is 1. The Kier molecular flexibility index (Phi) is 4.83. The number of nitrogens with zero attached hydrogens (tertiary/aromatic N) is 7. The molecule has 0 N–H and O–H groups in total. The number of hydrogen-bond donors (Lipinski definition) is 0. The van der Waals surface area contributed by atoms with Crippen molar-refractivity contribution >= 4 is 17.5 Å². The molecule has 4 rings (SSSR count). The molecular weight excluding hydrogens is 333 g/mol. The van der Waals surface area contributed by atoms with Crippen molar-refractivity contribution in [3.63, 3.8) is 0 Å². The topological polar surface area (TPSA) is 51.6 Å². The first kappa shape index (κ1) is 17.0. The fourth-order valence-electron chi connectivity index (χ4n) is 3.42. The van der Waals surface area contributed by atoms with Crippen molar-refractivity contribution in [3.8, 4) is 0 Å². The summed E-state index contributed by atoms with van der Waals surface area (Å²) < 4.78 is 13.1. The maximum Gasteiger partial charge on any atom is 0.247 e. The number of aromatic nitrogens is 3. The van der Waals surface area contributed by atoms with Crippen LogP contribution in [0.3, 0.4) is 0 Å². The van der Waals surface area contributed by atoms with E-state index in [9.17, 15) is 4.39 Å². The number of rotatable bonds is 3. The number of piperazine rings is 2. The normalized spacial score (nSPS) is 19.1. The molecule has 2 aliphatic rings. The molecule has 1 aromatic heterocycles. The van der Waals surface area contributed by atoms with Gasteiger partial charge >= 0.3 is 0 Å². The first-order chi connectivity index (χ1) is 12.7. The minimum Gasteiger partial charge on any atom is -0.368 e. The highest BCUT2D eigenvalue weighted by Crippen LogP contribution is 2.20. The zero-order valence-corrected chi connectivity index (χ0v) is 15.1. The summed E-state index contributed by atoms with van der Waals surface area (Å²) in [4.78, 5) is 13.8. The van der Waals surface area contributed by atoms with Crippen LogP contribution in [-0.4, -0.2) is 79.5 Å². The molecule has 7 nitrogen and oxygen atoms in total. The minimum absolute atomic E-state index is 0.198. The minimum atomic E-state index is -0.198. The van der Waals surface area contributed by atoms with Crippen LogP contribution in [0.1, 0.15) is 0 Å². The maximum atomic E-state index is 13.1. The third-order valence-electron chi connectivity index (χ3n) is 5.12. The molecule has 0 atom stereocenters. The van der Waals surface area contributed by atoms with Crippen LogP contribution in [0.5, 0.6) is 0 Å². The zero-order chi connectivity index (χ0) is 17.9. The third-order valence-corrected chi connectivity index (χ3v) is 5.12. The summed E-state index contributed by atoms with van der Waals surface area (Å²) >= 11 is 0. The molecule has 3 heterocycles. The van der Waals surface area contributed by atoms with E-state index in [4.69, 9.17) is 4.98 Å². The fraction of sp³-hybridized carbons (Fsp3) is 0.500. The fourth-order valence-corrected chi connectivity index (χ4v) is 3.42. The molecule has 2 aliphatic heterocycles. The van der Waals surface area contributed by atoms with Crippen molar-refractivity contribution < 1.29 is 4.39 Å². The van der Waals surface area contributed by atoms with Gasteiger partial charge < -0.3 is 19.6 Å². The van der Waals surface area contributed by atoms with E-state index in [1.807, 2.05) is 12.1 Å². The predicted molar refractivity (Wildman–Crippen MR) is 100 cm³/mol. The lowest BCUT2D eigenvalue weighted by Crippen LogP contribution is -2.47. The van der Waals surface area contributed by atoms with Gasteiger partial charge in [-0.2, -0.15) is 10.1 Å². The van der Waals surface area contributed by atoms with E-state index in [2.05, 4.69) is 36.8 Å². The van der Waals surface area contributed by atoms with Crippen molar-refractivity contribution in [2.24, 2.45) is 0 Å². The van der Waals surface area contributed by atoms with E-state index in [1.165, 1.54) is 12.1 Å². The van der Waals surface area contributed by atoms with E-state index < -0.39 is 0 Å². The molecular formula is C18H24FN7. The van der Waals surface area contributed by atoms with Gasteiger partial charge in [-0.05, 0) is 31.3 Å². The lowest BCUT2D eigenvalue weighted by atomic mass is 10.2. The average molecular weight is 357 g/mol. The van der Waals surface area contributed by atoms with Crippen molar-refractivity contribution in [3.05, 3.63) is 36.3 Å². The van der Waals surface area contributed by atoms with Crippen LogP contribution in [0.2, 0.25) is 0 Å². The van der Waals surface area contributed by atoms with Gasteiger partial charge in [-0.15, -0.1) is 5.10 Å². The molecule has 0 aliphatic carbocycles. The number of hydrogen-bond acceptors (Lipinski definition) is 7. The first-order valence-electron chi connectivity index (χ1n) is 9.08.